The van der Waals surface area contributed by atoms with Crippen LogP contribution in [0.5, 0.6) is 0 Å². The van der Waals surface area contributed by atoms with Gasteiger partial charge in [-0.1, -0.05) is 48.2 Å². The smallest absolute Gasteiger partial charge is 0.329 e. The topological polar surface area (TPSA) is 190 Å². The molecule has 5 N–H and O–H groups in total. The zero-order valence-electron chi connectivity index (χ0n) is 42.9. The van der Waals surface area contributed by atoms with E-state index in [1.165, 1.54) is 9.13 Å². The Morgan fingerprint density at radius 2 is 1.61 bits per heavy atom. The van der Waals surface area contributed by atoms with Gasteiger partial charge in [0.1, 0.15) is 17.9 Å². The largest absolute Gasteiger partial charge is 0.483 e. The summed E-state index contributed by atoms with van der Waals surface area (Å²) in [6, 6.07) is 22.2. The highest BCUT2D eigenvalue weighted by Gasteiger charge is 2.40. The molecule has 5 aliphatic heterocycles. The van der Waals surface area contributed by atoms with Crippen LogP contribution in [-0.2, 0) is 26.2 Å². The molecule has 75 heavy (non-hydrogen) atoms. The lowest BCUT2D eigenvalue weighted by Gasteiger charge is -2.42. The van der Waals surface area contributed by atoms with Gasteiger partial charge in [0.2, 0.25) is 17.7 Å². The van der Waals surface area contributed by atoms with Crippen molar-refractivity contribution >= 4 is 63.3 Å². The second kappa shape index (κ2) is 22.8. The summed E-state index contributed by atoms with van der Waals surface area (Å²) in [5.74, 6) is 6.20. The van der Waals surface area contributed by atoms with Crippen LogP contribution in [0.15, 0.2) is 77.6 Å². The number of amides is 4. The minimum absolute atomic E-state index is 0.108. The first kappa shape index (κ1) is 52.8. The third kappa shape index (κ3) is 11.6. The van der Waals surface area contributed by atoms with Crippen molar-refractivity contribution in [3.63, 3.8) is 0 Å². The summed E-state index contributed by atoms with van der Waals surface area (Å²) in [5, 5.41) is 20.8. The number of rotatable bonds is 10. The normalized spacial score (nSPS) is 21.9. The molecular formula is C57H67F2N9O7. The Balaban J connectivity index is 0.00000224. The summed E-state index contributed by atoms with van der Waals surface area (Å²) in [4.78, 5) is 79.8. The summed E-state index contributed by atoms with van der Waals surface area (Å²) < 4.78 is 33.8. The molecule has 0 spiro atoms. The van der Waals surface area contributed by atoms with Crippen LogP contribution < -0.4 is 31.9 Å². The number of piperidine rings is 4. The van der Waals surface area contributed by atoms with Gasteiger partial charge in [-0.15, -0.1) is 0 Å². The third-order valence-electron chi connectivity index (χ3n) is 16.0. The molecule has 0 saturated carbocycles. The standard InChI is InChI=1S/C56H65F2N9O5.CH2O2/c1-35-8-12-40(61-47-33-59-32-46(47)57)30-45(35)52(69)60-36(2)42-14-11-38(43-6-4-5-7-44(42)43)10-9-37-18-24-64(25-19-37)34-56(58)22-28-66(29-23-56)54(71)39-20-26-65(27-21-39)41-13-15-48-50(31-41)63(3)55(72)67(48)49-16-17-51(68)62-53(49)70;2-1-3/h4-8,11-15,30-31,36-37,39,46-47,49,59,61H,16-29,32-34H2,1-3H3,(H,60,69)(H,62,68,70);1H,(H,2,3)/t36-,46-,47+,49?;/m1./s1. The average molecular weight is 1030 g/mol. The number of halogens is 2. The maximum absolute atomic E-state index is 16.4. The van der Waals surface area contributed by atoms with Crippen LogP contribution in [0.3, 0.4) is 0 Å². The van der Waals surface area contributed by atoms with Crippen LogP contribution in [0, 0.1) is 30.6 Å². The van der Waals surface area contributed by atoms with Gasteiger partial charge in [-0.3, -0.25) is 38.4 Å². The van der Waals surface area contributed by atoms with E-state index in [1.807, 2.05) is 73.3 Å². The summed E-state index contributed by atoms with van der Waals surface area (Å²) in [6.07, 6.45) is 3.19. The van der Waals surface area contributed by atoms with Crippen molar-refractivity contribution in [2.45, 2.75) is 95.2 Å². The Morgan fingerprint density at radius 3 is 2.31 bits per heavy atom. The van der Waals surface area contributed by atoms with Gasteiger partial charge in [-0.25, -0.2) is 13.6 Å². The monoisotopic (exact) mass is 1030 g/mol. The van der Waals surface area contributed by atoms with Crippen LogP contribution in [0.4, 0.5) is 20.2 Å². The number of imidazole rings is 1. The van der Waals surface area contributed by atoms with Gasteiger partial charge in [0.25, 0.3) is 12.4 Å². The van der Waals surface area contributed by atoms with Gasteiger partial charge in [0.05, 0.1) is 23.1 Å². The summed E-state index contributed by atoms with van der Waals surface area (Å²) in [7, 11) is 1.69. The van der Waals surface area contributed by atoms with Crippen molar-refractivity contribution in [2.75, 3.05) is 69.1 Å². The Hall–Kier alpha value is -7.10. The van der Waals surface area contributed by atoms with E-state index in [0.717, 1.165) is 59.1 Å². The lowest BCUT2D eigenvalue weighted by atomic mass is 9.88. The molecule has 4 aromatic carbocycles. The molecule has 10 rings (SSSR count). The molecule has 396 valence electrons. The number of anilines is 2. The van der Waals surface area contributed by atoms with Gasteiger partial charge in [-0.05, 0) is 117 Å². The van der Waals surface area contributed by atoms with E-state index in [2.05, 4.69) is 55.0 Å². The number of likely N-dealkylation sites (tertiary alicyclic amines) is 2. The number of fused-ring (bicyclic) bond motifs is 2. The fourth-order valence-corrected chi connectivity index (χ4v) is 11.6. The van der Waals surface area contributed by atoms with Crippen LogP contribution in [-0.4, -0.2) is 131 Å². The quantitative estimate of drug-likeness (QED) is 0.0627. The van der Waals surface area contributed by atoms with Gasteiger partial charge in [-0.2, -0.15) is 0 Å². The van der Waals surface area contributed by atoms with Crippen molar-refractivity contribution in [1.82, 2.24) is 34.9 Å². The van der Waals surface area contributed by atoms with E-state index in [0.29, 0.717) is 93.8 Å². The fourth-order valence-electron chi connectivity index (χ4n) is 11.6. The molecule has 5 fully saturated rings. The molecule has 0 bridgehead atoms. The van der Waals surface area contributed by atoms with Crippen LogP contribution >= 0.6 is 0 Å². The third-order valence-corrected chi connectivity index (χ3v) is 16.0. The minimum atomic E-state index is -1.35. The number of hydrogen-bond donors (Lipinski definition) is 5. The Kier molecular flexibility index (Phi) is 16.0. The van der Waals surface area contributed by atoms with Crippen molar-refractivity contribution in [1.29, 1.82) is 0 Å². The first-order chi connectivity index (χ1) is 36.1. The molecule has 1 aromatic heterocycles. The highest BCUT2D eigenvalue weighted by atomic mass is 19.1. The first-order valence-electron chi connectivity index (χ1n) is 26.3. The number of aryl methyl sites for hydroxylation is 2. The van der Waals surface area contributed by atoms with Crippen molar-refractivity contribution in [3.8, 4) is 11.8 Å². The number of aromatic nitrogens is 2. The van der Waals surface area contributed by atoms with Crippen LogP contribution in [0.25, 0.3) is 21.8 Å². The molecule has 16 nitrogen and oxygen atoms in total. The van der Waals surface area contributed by atoms with Crippen molar-refractivity contribution < 1.29 is 37.9 Å². The molecule has 1 unspecified atom stereocenters. The molecule has 5 saturated heterocycles. The predicted octanol–water partition coefficient (Wildman–Crippen LogP) is 6.00. The zero-order chi connectivity index (χ0) is 53.0. The lowest BCUT2D eigenvalue weighted by molar-refractivity contribution is -0.139. The number of benzene rings is 4. The number of nitrogens with zero attached hydrogens (tertiary/aromatic N) is 5. The lowest BCUT2D eigenvalue weighted by Crippen LogP contribution is -2.52. The first-order valence-corrected chi connectivity index (χ1v) is 26.3. The van der Waals surface area contributed by atoms with Gasteiger partial charge >= 0.3 is 5.69 Å². The molecule has 4 amide bonds. The van der Waals surface area contributed by atoms with E-state index in [9.17, 15) is 28.4 Å². The van der Waals surface area contributed by atoms with E-state index < -0.39 is 23.8 Å². The number of carbonyl (C=O) groups excluding carboxylic acids is 4. The molecule has 5 aliphatic rings. The average Bonchev–Trinajstić information content (AvgIpc) is 3.93. The maximum Gasteiger partial charge on any atom is 0.329 e. The van der Waals surface area contributed by atoms with E-state index in [-0.39, 0.29) is 66.6 Å². The number of carboxylic acid groups (broad SMARTS) is 1. The maximum atomic E-state index is 16.4. The van der Waals surface area contributed by atoms with Crippen molar-refractivity contribution in [2.24, 2.45) is 18.9 Å². The molecule has 18 heteroatoms. The molecule has 0 aliphatic carbocycles. The van der Waals surface area contributed by atoms with Crippen LogP contribution in [0.2, 0.25) is 0 Å². The Labute approximate surface area is 435 Å². The second-order valence-corrected chi connectivity index (χ2v) is 20.9. The highest BCUT2D eigenvalue weighted by Crippen LogP contribution is 2.34. The van der Waals surface area contributed by atoms with E-state index in [4.69, 9.17) is 9.90 Å². The molecular weight excluding hydrogens is 961 g/mol. The Bertz CT molecular complexity index is 3090. The zero-order valence-corrected chi connectivity index (χ0v) is 42.9. The SMILES string of the molecule is Cc1ccc(N[C@H]2CNC[C@H]2F)cc1C(=O)N[C@H](C)c1ccc(C#CC2CCN(CC3(F)CCN(C(=O)C4CCN(c5ccc6c(c5)n(C)c(=O)n6C5CCC(=O)NC5=O)CC4)CC3)CC2)c2ccccc12.O=CO. The Morgan fingerprint density at radius 1 is 0.893 bits per heavy atom. The summed E-state index contributed by atoms with van der Waals surface area (Å²) in [5.41, 5.74) is 4.64. The van der Waals surface area contributed by atoms with Gasteiger partial charge < -0.3 is 35.8 Å². The number of hydrogen-bond acceptors (Lipinski definition) is 10. The summed E-state index contributed by atoms with van der Waals surface area (Å²) >= 11 is 0. The van der Waals surface area contributed by atoms with E-state index in [1.54, 1.807) is 13.1 Å². The second-order valence-electron chi connectivity index (χ2n) is 20.9. The molecule has 4 atom stereocenters. The molecule has 6 heterocycles. The highest BCUT2D eigenvalue weighted by molar-refractivity contribution is 6.00. The number of alkyl halides is 2. The fraction of sp³-hybridized carbons (Fsp3) is 0.474. The van der Waals surface area contributed by atoms with Crippen LogP contribution in [0.1, 0.15) is 97.4 Å². The van der Waals surface area contributed by atoms with E-state index >= 15 is 4.39 Å². The predicted molar refractivity (Wildman–Crippen MR) is 284 cm³/mol. The number of carbonyl (C=O) groups is 5. The van der Waals surface area contributed by atoms with Crippen molar-refractivity contribution in [3.05, 3.63) is 106 Å². The summed E-state index contributed by atoms with van der Waals surface area (Å²) in [6.45, 7) is 8.56. The number of imide groups is 1. The minimum Gasteiger partial charge on any atom is -0.483 e. The van der Waals surface area contributed by atoms with Gasteiger partial charge in [0.15, 0.2) is 0 Å². The molecule has 5 aromatic rings. The van der Waals surface area contributed by atoms with Gasteiger partial charge in [0, 0.05) is 106 Å². The molecule has 0 radical (unpaired) electrons. The number of nitrogens with one attached hydrogen (secondary N) is 4.